The van der Waals surface area contributed by atoms with Gasteiger partial charge in [0.1, 0.15) is 0 Å². The fourth-order valence-electron chi connectivity index (χ4n) is 2.76. The molecule has 1 unspecified atom stereocenters. The highest BCUT2D eigenvalue weighted by molar-refractivity contribution is 8.01. The maximum atomic E-state index is 12.5. The van der Waals surface area contributed by atoms with Gasteiger partial charge in [-0.2, -0.15) is 9.78 Å². The Kier molecular flexibility index (Phi) is 4.12. The fraction of sp³-hybridized carbons (Fsp3) is 0.111. The van der Waals surface area contributed by atoms with Crippen LogP contribution in [0.5, 0.6) is 0 Å². The van der Waals surface area contributed by atoms with Crippen molar-refractivity contribution < 1.29 is 0 Å². The molecule has 3 nitrogen and oxygen atoms in total. The zero-order chi connectivity index (χ0) is 16.7. The molecule has 0 N–H and O–H groups in total. The average molecular weight is 375 g/mol. The molecular weight excluding hydrogens is 363 g/mol. The van der Waals surface area contributed by atoms with Crippen molar-refractivity contribution >= 4 is 35.0 Å². The lowest BCUT2D eigenvalue weighted by atomic mass is 10.0. The normalized spacial score (nSPS) is 16.2. The van der Waals surface area contributed by atoms with Crippen molar-refractivity contribution in [2.45, 2.75) is 16.0 Å². The van der Waals surface area contributed by atoms with Crippen molar-refractivity contribution in [3.05, 3.63) is 75.5 Å². The second kappa shape index (κ2) is 6.28. The van der Waals surface area contributed by atoms with E-state index in [0.29, 0.717) is 17.1 Å². The molecule has 0 bridgehead atoms. The van der Waals surface area contributed by atoms with E-state index in [2.05, 4.69) is 5.10 Å². The first-order valence-electron chi connectivity index (χ1n) is 7.41. The van der Waals surface area contributed by atoms with Gasteiger partial charge in [-0.15, -0.1) is 23.4 Å². The zero-order valence-electron chi connectivity index (χ0n) is 12.4. The van der Waals surface area contributed by atoms with Crippen LogP contribution in [0.3, 0.4) is 0 Å². The quantitative estimate of drug-likeness (QED) is 0.575. The maximum absolute atomic E-state index is 12.5. The summed E-state index contributed by atoms with van der Waals surface area (Å²) in [6.45, 7) is 0. The minimum Gasteiger partial charge on any atom is -0.267 e. The van der Waals surface area contributed by atoms with Crippen LogP contribution in [0.15, 0.2) is 64.3 Å². The summed E-state index contributed by atoms with van der Waals surface area (Å²) in [5.41, 5.74) is 3.19. The van der Waals surface area contributed by atoms with E-state index in [-0.39, 0.29) is 10.3 Å². The molecule has 0 fully saturated rings. The van der Waals surface area contributed by atoms with Gasteiger partial charge >= 0.3 is 0 Å². The predicted octanol–water partition coefficient (Wildman–Crippen LogP) is 4.77. The molecule has 1 atom stereocenters. The molecule has 120 valence electrons. The Morgan fingerprint density at radius 3 is 2.67 bits per heavy atom. The van der Waals surface area contributed by atoms with Crippen LogP contribution in [0.4, 0.5) is 0 Å². The van der Waals surface area contributed by atoms with E-state index < -0.39 is 0 Å². The van der Waals surface area contributed by atoms with Gasteiger partial charge in [0.15, 0.2) is 0 Å². The Morgan fingerprint density at radius 1 is 1.12 bits per heavy atom. The van der Waals surface area contributed by atoms with Crippen LogP contribution in [0, 0.1) is 0 Å². The molecule has 0 saturated carbocycles. The van der Waals surface area contributed by atoms with Gasteiger partial charge in [-0.25, -0.2) is 0 Å². The summed E-state index contributed by atoms with van der Waals surface area (Å²) in [5, 5.41) is 5.26. The summed E-state index contributed by atoms with van der Waals surface area (Å²) in [6, 6.07) is 16.7. The van der Waals surface area contributed by atoms with Gasteiger partial charge in [-0.05, 0) is 35.9 Å². The molecule has 1 aromatic heterocycles. The van der Waals surface area contributed by atoms with E-state index in [0.717, 1.165) is 21.7 Å². The molecule has 3 aromatic rings. The zero-order valence-corrected chi connectivity index (χ0v) is 14.8. The number of fused-ring (bicyclic) bond motifs is 3. The monoisotopic (exact) mass is 374 g/mol. The third-order valence-corrected chi connectivity index (χ3v) is 5.57. The smallest absolute Gasteiger partial charge is 0.267 e. The highest BCUT2D eigenvalue weighted by Crippen LogP contribution is 2.40. The van der Waals surface area contributed by atoms with Crippen molar-refractivity contribution in [2.24, 2.45) is 0 Å². The number of rotatable bonds is 1. The van der Waals surface area contributed by atoms with Crippen molar-refractivity contribution in [2.75, 3.05) is 0 Å². The minimum absolute atomic E-state index is 0.125. The van der Waals surface area contributed by atoms with Crippen molar-refractivity contribution in [3.8, 4) is 16.9 Å². The van der Waals surface area contributed by atoms with Gasteiger partial charge in [-0.3, -0.25) is 4.79 Å². The average Bonchev–Trinajstić information content (AvgIpc) is 2.70. The summed E-state index contributed by atoms with van der Waals surface area (Å²) in [7, 11) is 0. The van der Waals surface area contributed by atoms with E-state index in [9.17, 15) is 4.79 Å². The first kappa shape index (κ1) is 15.8. The maximum Gasteiger partial charge on any atom is 0.271 e. The van der Waals surface area contributed by atoms with Crippen LogP contribution in [-0.4, -0.2) is 14.5 Å². The number of benzene rings is 2. The topological polar surface area (TPSA) is 34.9 Å². The minimum atomic E-state index is -0.177. The van der Waals surface area contributed by atoms with Crippen LogP contribution in [0.25, 0.3) is 16.9 Å². The van der Waals surface area contributed by atoms with Gasteiger partial charge < -0.3 is 0 Å². The largest absolute Gasteiger partial charge is 0.271 e. The molecule has 0 saturated heterocycles. The van der Waals surface area contributed by atoms with E-state index >= 15 is 0 Å². The summed E-state index contributed by atoms with van der Waals surface area (Å²) in [6.07, 6.45) is 0.597. The number of hydrogen-bond acceptors (Lipinski definition) is 3. The number of halogens is 2. The summed E-state index contributed by atoms with van der Waals surface area (Å²) < 4.78 is 1.28. The van der Waals surface area contributed by atoms with E-state index in [1.54, 1.807) is 42.1 Å². The van der Waals surface area contributed by atoms with E-state index in [1.807, 2.05) is 24.3 Å². The van der Waals surface area contributed by atoms with Crippen molar-refractivity contribution in [3.63, 3.8) is 0 Å². The van der Waals surface area contributed by atoms with Crippen LogP contribution < -0.4 is 5.56 Å². The number of hydrogen-bond donors (Lipinski definition) is 0. The molecule has 1 aliphatic rings. The van der Waals surface area contributed by atoms with Crippen molar-refractivity contribution in [1.82, 2.24) is 9.78 Å². The lowest BCUT2D eigenvalue weighted by molar-refractivity contribution is 0.799. The summed E-state index contributed by atoms with van der Waals surface area (Å²) >= 11 is 13.9. The third kappa shape index (κ3) is 2.86. The Morgan fingerprint density at radius 2 is 1.88 bits per heavy atom. The van der Waals surface area contributed by atoms with Gasteiger partial charge in [0.25, 0.3) is 5.56 Å². The van der Waals surface area contributed by atoms with Crippen molar-refractivity contribution in [1.29, 1.82) is 0 Å². The first-order chi connectivity index (χ1) is 11.6. The number of nitrogens with zero attached hydrogens (tertiary/aromatic N) is 2. The molecule has 0 radical (unpaired) electrons. The summed E-state index contributed by atoms with van der Waals surface area (Å²) in [4.78, 5) is 13.6. The number of aromatic nitrogens is 2. The first-order valence-corrected chi connectivity index (χ1v) is 9.10. The number of alkyl halides is 1. The van der Waals surface area contributed by atoms with Crippen LogP contribution in [0.2, 0.25) is 5.02 Å². The van der Waals surface area contributed by atoms with E-state index in [4.69, 9.17) is 23.2 Å². The van der Waals surface area contributed by atoms with Gasteiger partial charge in [-0.1, -0.05) is 29.8 Å². The molecule has 0 aliphatic carbocycles. The molecule has 4 rings (SSSR count). The predicted molar refractivity (Wildman–Crippen MR) is 99.5 cm³/mol. The number of thioether (sulfide) groups is 1. The second-order valence-corrected chi connectivity index (χ2v) is 7.94. The summed E-state index contributed by atoms with van der Waals surface area (Å²) in [5.74, 6) is 0. The standard InChI is InChI=1S/C18H12Cl2N2OS/c19-12-5-7-13(8-6-12)22-17(23)10-11-9-16(20)24-15-4-2-1-3-14(15)18(11)21-22/h1-8,10,16H,9H2. The molecule has 0 amide bonds. The SMILES string of the molecule is O=c1cc2c(nn1-c1ccc(Cl)cc1)-c1ccccc1SC(Cl)C2. The van der Waals surface area contributed by atoms with Crippen LogP contribution in [0.1, 0.15) is 5.56 Å². The van der Waals surface area contributed by atoms with Crippen LogP contribution in [-0.2, 0) is 6.42 Å². The second-order valence-electron chi connectivity index (χ2n) is 5.47. The van der Waals surface area contributed by atoms with Gasteiger partial charge in [0.05, 0.1) is 16.1 Å². The Balaban J connectivity index is 1.95. The Hall–Kier alpha value is -1.75. The highest BCUT2D eigenvalue weighted by atomic mass is 35.5. The molecule has 24 heavy (non-hydrogen) atoms. The van der Waals surface area contributed by atoms with Gasteiger partial charge in [0, 0.05) is 28.0 Å². The van der Waals surface area contributed by atoms with Gasteiger partial charge in [0.2, 0.25) is 0 Å². The van der Waals surface area contributed by atoms with Crippen LogP contribution >= 0.6 is 35.0 Å². The highest BCUT2D eigenvalue weighted by Gasteiger charge is 2.23. The Labute approximate surface area is 153 Å². The Bertz CT molecular complexity index is 969. The third-order valence-electron chi connectivity index (χ3n) is 3.86. The lowest BCUT2D eigenvalue weighted by Gasteiger charge is -2.11. The fourth-order valence-corrected chi connectivity index (χ4v) is 4.33. The molecule has 6 heteroatoms. The molecule has 2 heterocycles. The molecular formula is C18H12Cl2N2OS. The molecule has 1 aliphatic heterocycles. The molecule has 0 spiro atoms. The lowest BCUT2D eigenvalue weighted by Crippen LogP contribution is -2.22. The molecule has 2 aromatic carbocycles. The van der Waals surface area contributed by atoms with E-state index in [1.165, 1.54) is 4.68 Å².